The van der Waals surface area contributed by atoms with E-state index < -0.39 is 0 Å². The van der Waals surface area contributed by atoms with E-state index in [-0.39, 0.29) is 0 Å². The zero-order valence-corrected chi connectivity index (χ0v) is 20.6. The largest absolute Gasteiger partial charge is 0.256 e. The first kappa shape index (κ1) is 20.1. The van der Waals surface area contributed by atoms with Gasteiger partial charge < -0.3 is 0 Å². The predicted molar refractivity (Wildman–Crippen MR) is 162 cm³/mol. The number of hydrogen-bond acceptors (Lipinski definition) is 1. The number of fused-ring (bicyclic) bond motifs is 11. The fourth-order valence-electron chi connectivity index (χ4n) is 6.90. The molecule has 38 heavy (non-hydrogen) atoms. The standard InChI is InChI=1S/C37H21N/c1-2-11-25-23(9-1)24-10-3-4-12-26(24)33-21-22(18-19-27(25)33)34-28-13-5-6-14-29(28)36-35-30(15-7-16-32(34)35)31-17-8-20-38-37(31)36/h1-21H. The Kier molecular flexibility index (Phi) is 3.85. The Hall–Kier alpha value is -5.01. The van der Waals surface area contributed by atoms with Crippen LogP contribution in [0.2, 0.25) is 0 Å². The molecule has 0 fully saturated rings. The van der Waals surface area contributed by atoms with Crippen LogP contribution >= 0.6 is 0 Å². The minimum atomic E-state index is 1.09. The molecule has 0 amide bonds. The molecule has 8 aromatic rings. The van der Waals surface area contributed by atoms with Crippen molar-refractivity contribution in [1.82, 2.24) is 4.98 Å². The molecule has 0 saturated carbocycles. The summed E-state index contributed by atoms with van der Waals surface area (Å²) in [5, 5.41) is 13.0. The topological polar surface area (TPSA) is 12.9 Å². The molecule has 1 nitrogen and oxygen atoms in total. The van der Waals surface area contributed by atoms with Crippen LogP contribution in [0.5, 0.6) is 0 Å². The van der Waals surface area contributed by atoms with E-state index in [1.54, 1.807) is 0 Å². The van der Waals surface area contributed by atoms with Gasteiger partial charge in [0.25, 0.3) is 0 Å². The molecule has 174 valence electrons. The molecule has 0 radical (unpaired) electrons. The summed E-state index contributed by atoms with van der Waals surface area (Å²) in [4.78, 5) is 4.86. The molecule has 0 spiro atoms. The second kappa shape index (κ2) is 7.27. The highest BCUT2D eigenvalue weighted by Gasteiger charge is 2.27. The van der Waals surface area contributed by atoms with Gasteiger partial charge in [0.15, 0.2) is 0 Å². The zero-order chi connectivity index (χ0) is 24.8. The smallest absolute Gasteiger partial charge is 0.0793 e. The first-order valence-corrected chi connectivity index (χ1v) is 13.2. The van der Waals surface area contributed by atoms with Crippen molar-refractivity contribution in [2.75, 3.05) is 0 Å². The molecule has 1 heterocycles. The van der Waals surface area contributed by atoms with Gasteiger partial charge in [0.05, 0.1) is 5.69 Å². The van der Waals surface area contributed by atoms with Crippen molar-refractivity contribution in [2.24, 2.45) is 0 Å². The molecule has 1 aliphatic rings. The number of nitrogens with zero attached hydrogens (tertiary/aromatic N) is 1. The fourth-order valence-corrected chi connectivity index (χ4v) is 6.90. The lowest BCUT2D eigenvalue weighted by Gasteiger charge is -2.17. The summed E-state index contributed by atoms with van der Waals surface area (Å²) in [7, 11) is 0. The van der Waals surface area contributed by atoms with Gasteiger partial charge in [-0.1, -0.05) is 109 Å². The number of rotatable bonds is 1. The van der Waals surface area contributed by atoms with Crippen LogP contribution in [0.3, 0.4) is 0 Å². The lowest BCUT2D eigenvalue weighted by Crippen LogP contribution is -1.90. The fraction of sp³-hybridized carbons (Fsp3) is 0. The molecule has 0 saturated heterocycles. The van der Waals surface area contributed by atoms with E-state index in [0.29, 0.717) is 0 Å². The average molecular weight is 480 g/mol. The van der Waals surface area contributed by atoms with Crippen molar-refractivity contribution in [3.63, 3.8) is 0 Å². The normalized spacial score (nSPS) is 12.2. The summed E-state index contributed by atoms with van der Waals surface area (Å²) in [6.45, 7) is 0. The van der Waals surface area contributed by atoms with Gasteiger partial charge in [-0.3, -0.25) is 4.98 Å². The molecule has 1 heteroatoms. The van der Waals surface area contributed by atoms with E-state index in [2.05, 4.69) is 115 Å². The Morgan fingerprint density at radius 1 is 0.368 bits per heavy atom. The lowest BCUT2D eigenvalue weighted by molar-refractivity contribution is 1.35. The maximum Gasteiger partial charge on any atom is 0.0793 e. The summed E-state index contributed by atoms with van der Waals surface area (Å²) in [6.07, 6.45) is 1.91. The van der Waals surface area contributed by atoms with E-state index in [9.17, 15) is 0 Å². The van der Waals surface area contributed by atoms with Crippen LogP contribution in [0.4, 0.5) is 0 Å². The van der Waals surface area contributed by atoms with E-state index >= 15 is 0 Å². The third-order valence-electron chi connectivity index (χ3n) is 8.42. The Morgan fingerprint density at radius 2 is 0.921 bits per heavy atom. The second-order valence-corrected chi connectivity index (χ2v) is 10.3. The van der Waals surface area contributed by atoms with Crippen molar-refractivity contribution < 1.29 is 0 Å². The van der Waals surface area contributed by atoms with Gasteiger partial charge in [0.1, 0.15) is 0 Å². The van der Waals surface area contributed by atoms with Gasteiger partial charge in [-0.2, -0.15) is 0 Å². The van der Waals surface area contributed by atoms with Crippen LogP contribution in [0, 0.1) is 0 Å². The first-order chi connectivity index (χ1) is 18.9. The first-order valence-electron chi connectivity index (χ1n) is 13.2. The maximum absolute atomic E-state index is 4.86. The van der Waals surface area contributed by atoms with E-state index in [4.69, 9.17) is 4.98 Å². The molecule has 0 bridgehead atoms. The Balaban J connectivity index is 1.47. The Bertz CT molecular complexity index is 2260. The van der Waals surface area contributed by atoms with E-state index in [1.807, 2.05) is 12.3 Å². The highest BCUT2D eigenvalue weighted by molar-refractivity contribution is 6.30. The predicted octanol–water partition coefficient (Wildman–Crippen LogP) is 10.2. The van der Waals surface area contributed by atoms with Crippen molar-refractivity contribution >= 4 is 53.9 Å². The number of aromatic nitrogens is 1. The summed E-state index contributed by atoms with van der Waals surface area (Å²) in [5.41, 5.74) is 7.42. The van der Waals surface area contributed by atoms with Crippen LogP contribution in [-0.2, 0) is 0 Å². The summed E-state index contributed by atoms with van der Waals surface area (Å²) in [5.74, 6) is 0. The maximum atomic E-state index is 4.86. The van der Waals surface area contributed by atoms with Gasteiger partial charge in [-0.05, 0) is 77.3 Å². The van der Waals surface area contributed by atoms with Gasteiger partial charge in [-0.15, -0.1) is 0 Å². The van der Waals surface area contributed by atoms with Crippen LogP contribution in [0.15, 0.2) is 128 Å². The highest BCUT2D eigenvalue weighted by Crippen LogP contribution is 2.52. The van der Waals surface area contributed by atoms with E-state index in [0.717, 1.165) is 5.69 Å². The summed E-state index contributed by atoms with van der Waals surface area (Å²) >= 11 is 0. The molecular weight excluding hydrogens is 458 g/mol. The summed E-state index contributed by atoms with van der Waals surface area (Å²) in [6, 6.07) is 44.5. The monoisotopic (exact) mass is 479 g/mol. The van der Waals surface area contributed by atoms with Gasteiger partial charge in [-0.25, -0.2) is 0 Å². The third-order valence-corrected chi connectivity index (χ3v) is 8.42. The second-order valence-electron chi connectivity index (χ2n) is 10.3. The molecule has 0 unspecified atom stereocenters. The van der Waals surface area contributed by atoms with Gasteiger partial charge in [0.2, 0.25) is 0 Å². The van der Waals surface area contributed by atoms with Crippen LogP contribution in [0.1, 0.15) is 0 Å². The van der Waals surface area contributed by atoms with Crippen LogP contribution < -0.4 is 0 Å². The highest BCUT2D eigenvalue weighted by atomic mass is 14.7. The quantitative estimate of drug-likeness (QED) is 0.169. The van der Waals surface area contributed by atoms with Crippen LogP contribution in [-0.4, -0.2) is 4.98 Å². The number of hydrogen-bond donors (Lipinski definition) is 0. The zero-order valence-electron chi connectivity index (χ0n) is 20.6. The molecule has 1 aliphatic carbocycles. The molecule has 0 atom stereocenters. The number of benzene rings is 7. The van der Waals surface area contributed by atoms with Crippen molar-refractivity contribution in [1.29, 1.82) is 0 Å². The molecule has 0 aliphatic heterocycles. The lowest BCUT2D eigenvalue weighted by atomic mass is 9.86. The van der Waals surface area contributed by atoms with Crippen molar-refractivity contribution in [3.05, 3.63) is 128 Å². The van der Waals surface area contributed by atoms with Crippen molar-refractivity contribution in [2.45, 2.75) is 0 Å². The molecule has 7 aromatic carbocycles. The van der Waals surface area contributed by atoms with Crippen molar-refractivity contribution in [3.8, 4) is 33.5 Å². The van der Waals surface area contributed by atoms with Gasteiger partial charge >= 0.3 is 0 Å². The molecule has 9 rings (SSSR count). The minimum Gasteiger partial charge on any atom is -0.256 e. The Labute approximate surface area is 219 Å². The minimum absolute atomic E-state index is 1.09. The molecular formula is C37H21N. The molecule has 1 aromatic heterocycles. The Morgan fingerprint density at radius 3 is 1.63 bits per heavy atom. The average Bonchev–Trinajstić information content (AvgIpc) is 3.33. The number of pyridine rings is 1. The van der Waals surface area contributed by atoms with Crippen LogP contribution in [0.25, 0.3) is 87.4 Å². The SMILES string of the molecule is c1cnc2c(c1)-c1cccc3c(-c4ccc5c6ccccc6c6ccccc6c5c4)c4ccccc4c-2c13. The van der Waals surface area contributed by atoms with Gasteiger partial charge in [0, 0.05) is 22.7 Å². The third kappa shape index (κ3) is 2.48. The van der Waals surface area contributed by atoms with E-state index in [1.165, 1.54) is 81.7 Å². The summed E-state index contributed by atoms with van der Waals surface area (Å²) < 4.78 is 0. The molecule has 0 N–H and O–H groups in total.